The molecule has 0 bridgehead atoms. The third-order valence-corrected chi connectivity index (χ3v) is 3.56. The van der Waals surface area contributed by atoms with Gasteiger partial charge < -0.3 is 10.6 Å². The molecule has 2 N–H and O–H groups in total. The molecule has 0 atom stereocenters. The lowest BCUT2D eigenvalue weighted by molar-refractivity contribution is 0.686. The van der Waals surface area contributed by atoms with Crippen LogP contribution in [0.2, 0.25) is 0 Å². The predicted octanol–water partition coefficient (Wildman–Crippen LogP) is 2.26. The first-order chi connectivity index (χ1) is 8.17. The van der Waals surface area contributed by atoms with Gasteiger partial charge in [-0.3, -0.25) is 0 Å². The Morgan fingerprint density at radius 3 is 2.76 bits per heavy atom. The van der Waals surface area contributed by atoms with E-state index in [9.17, 15) is 0 Å². The molecule has 1 aliphatic rings. The summed E-state index contributed by atoms with van der Waals surface area (Å²) in [6.45, 7) is 8.15. The smallest absolute Gasteiger partial charge is 0.133 e. The molecule has 0 amide bonds. The Morgan fingerprint density at radius 1 is 1.41 bits per heavy atom. The molecule has 0 radical (unpaired) electrons. The van der Waals surface area contributed by atoms with Gasteiger partial charge in [-0.1, -0.05) is 0 Å². The van der Waals surface area contributed by atoms with Crippen molar-refractivity contribution >= 4 is 5.82 Å². The number of nitrogens with two attached hydrogens (primary N) is 1. The summed E-state index contributed by atoms with van der Waals surface area (Å²) in [4.78, 5) is 7.20. The summed E-state index contributed by atoms with van der Waals surface area (Å²) in [5.41, 5.74) is 9.77. The van der Waals surface area contributed by atoms with Crippen molar-refractivity contribution in [2.75, 3.05) is 11.4 Å². The van der Waals surface area contributed by atoms with Gasteiger partial charge in [-0.2, -0.15) is 0 Å². The average molecular weight is 233 g/mol. The Kier molecular flexibility index (Phi) is 3.67. The lowest BCUT2D eigenvalue weighted by atomic mass is 10.1. The Balaban J connectivity index is 2.44. The fourth-order valence-corrected chi connectivity index (χ4v) is 2.67. The number of nitrogens with zero attached hydrogens (tertiary/aromatic N) is 2. The lowest BCUT2D eigenvalue weighted by Gasteiger charge is -2.28. The normalized spacial score (nSPS) is 14.2. The zero-order valence-electron chi connectivity index (χ0n) is 11.2. The van der Waals surface area contributed by atoms with E-state index in [1.807, 2.05) is 0 Å². The van der Waals surface area contributed by atoms with Gasteiger partial charge in [0.05, 0.1) is 0 Å². The number of pyridine rings is 1. The van der Waals surface area contributed by atoms with E-state index in [1.165, 1.54) is 29.7 Å². The quantitative estimate of drug-likeness (QED) is 0.867. The number of aryl methyl sites for hydroxylation is 2. The van der Waals surface area contributed by atoms with Crippen LogP contribution in [0.4, 0.5) is 5.82 Å². The van der Waals surface area contributed by atoms with E-state index in [-0.39, 0.29) is 0 Å². The van der Waals surface area contributed by atoms with Gasteiger partial charge in [0.15, 0.2) is 0 Å². The van der Waals surface area contributed by atoms with Crippen LogP contribution in [0.5, 0.6) is 0 Å². The molecule has 94 valence electrons. The third-order valence-electron chi connectivity index (χ3n) is 3.56. The van der Waals surface area contributed by atoms with E-state index in [0.29, 0.717) is 12.6 Å². The molecular formula is C14H23N3. The van der Waals surface area contributed by atoms with Crippen molar-refractivity contribution in [3.05, 3.63) is 22.9 Å². The van der Waals surface area contributed by atoms with Gasteiger partial charge in [-0.25, -0.2) is 4.98 Å². The zero-order chi connectivity index (χ0) is 12.4. The Bertz CT molecular complexity index is 399. The lowest BCUT2D eigenvalue weighted by Crippen LogP contribution is -2.32. The average Bonchev–Trinajstić information content (AvgIpc) is 2.75. The van der Waals surface area contributed by atoms with Crippen molar-refractivity contribution < 1.29 is 0 Å². The van der Waals surface area contributed by atoms with Crippen LogP contribution >= 0.6 is 0 Å². The molecule has 3 heteroatoms. The van der Waals surface area contributed by atoms with Gasteiger partial charge in [-0.15, -0.1) is 0 Å². The largest absolute Gasteiger partial charge is 0.354 e. The number of fused-ring (bicyclic) bond motifs is 1. The van der Waals surface area contributed by atoms with Gasteiger partial charge >= 0.3 is 0 Å². The topological polar surface area (TPSA) is 42.2 Å². The van der Waals surface area contributed by atoms with Gasteiger partial charge in [0.2, 0.25) is 0 Å². The number of aromatic nitrogens is 1. The summed E-state index contributed by atoms with van der Waals surface area (Å²) in [6.07, 6.45) is 3.54. The molecule has 0 aliphatic heterocycles. The summed E-state index contributed by atoms with van der Waals surface area (Å²) in [5.74, 6) is 1.10. The Hall–Kier alpha value is -1.09. The van der Waals surface area contributed by atoms with Crippen molar-refractivity contribution in [1.82, 2.24) is 4.98 Å². The predicted molar refractivity (Wildman–Crippen MR) is 72.3 cm³/mol. The Labute approximate surface area is 104 Å². The van der Waals surface area contributed by atoms with Crippen LogP contribution in [0.25, 0.3) is 0 Å². The fraction of sp³-hybridized carbons (Fsp3) is 0.643. The minimum Gasteiger partial charge on any atom is -0.354 e. The molecule has 1 aromatic rings. The molecule has 0 aromatic carbocycles. The van der Waals surface area contributed by atoms with E-state index < -0.39 is 0 Å². The van der Waals surface area contributed by atoms with Crippen LogP contribution in [-0.4, -0.2) is 17.6 Å². The fourth-order valence-electron chi connectivity index (χ4n) is 2.67. The summed E-state index contributed by atoms with van der Waals surface area (Å²) >= 11 is 0. The minimum atomic E-state index is 0.470. The molecule has 17 heavy (non-hydrogen) atoms. The monoisotopic (exact) mass is 233 g/mol. The first-order valence-electron chi connectivity index (χ1n) is 6.65. The first kappa shape index (κ1) is 12.4. The van der Waals surface area contributed by atoms with Crippen LogP contribution in [0.15, 0.2) is 6.07 Å². The number of hydrogen-bond donors (Lipinski definition) is 1. The van der Waals surface area contributed by atoms with Crippen molar-refractivity contribution in [2.24, 2.45) is 5.73 Å². The zero-order valence-corrected chi connectivity index (χ0v) is 11.2. The van der Waals surface area contributed by atoms with E-state index in [2.05, 4.69) is 31.7 Å². The molecule has 0 unspecified atom stereocenters. The van der Waals surface area contributed by atoms with Crippen LogP contribution < -0.4 is 10.6 Å². The molecular weight excluding hydrogens is 210 g/mol. The molecule has 1 aromatic heterocycles. The van der Waals surface area contributed by atoms with Crippen LogP contribution in [0.1, 0.15) is 44.0 Å². The number of hydrogen-bond acceptors (Lipinski definition) is 3. The second kappa shape index (κ2) is 5.05. The van der Waals surface area contributed by atoms with Crippen molar-refractivity contribution in [3.8, 4) is 0 Å². The second-order valence-electron chi connectivity index (χ2n) is 5.01. The van der Waals surface area contributed by atoms with Gasteiger partial charge in [0.1, 0.15) is 5.82 Å². The standard InChI is InChI=1S/C14H23N3/c1-4-17(10(2)3)14-12(9-15)8-11-6-5-7-13(11)16-14/h8,10H,4-7,9,15H2,1-3H3. The summed E-state index contributed by atoms with van der Waals surface area (Å²) in [7, 11) is 0. The molecule has 3 nitrogen and oxygen atoms in total. The highest BCUT2D eigenvalue weighted by atomic mass is 15.2. The van der Waals surface area contributed by atoms with Gasteiger partial charge in [0, 0.05) is 30.4 Å². The number of anilines is 1. The van der Waals surface area contributed by atoms with Crippen molar-refractivity contribution in [1.29, 1.82) is 0 Å². The van der Waals surface area contributed by atoms with Crippen LogP contribution in [-0.2, 0) is 19.4 Å². The molecule has 2 rings (SSSR count). The van der Waals surface area contributed by atoms with Crippen molar-refractivity contribution in [3.63, 3.8) is 0 Å². The summed E-state index contributed by atoms with van der Waals surface area (Å²) in [5, 5.41) is 0. The summed E-state index contributed by atoms with van der Waals surface area (Å²) < 4.78 is 0. The van der Waals surface area contributed by atoms with E-state index in [1.54, 1.807) is 0 Å². The molecule has 0 spiro atoms. The highest BCUT2D eigenvalue weighted by Gasteiger charge is 2.19. The molecule has 1 aliphatic carbocycles. The highest BCUT2D eigenvalue weighted by molar-refractivity contribution is 5.51. The van der Waals surface area contributed by atoms with E-state index in [4.69, 9.17) is 10.7 Å². The Morgan fingerprint density at radius 2 is 2.18 bits per heavy atom. The molecule has 0 saturated heterocycles. The highest BCUT2D eigenvalue weighted by Crippen LogP contribution is 2.28. The molecule has 0 fully saturated rings. The van der Waals surface area contributed by atoms with Gasteiger partial charge in [0.25, 0.3) is 0 Å². The first-order valence-corrected chi connectivity index (χ1v) is 6.65. The maximum Gasteiger partial charge on any atom is 0.133 e. The minimum absolute atomic E-state index is 0.470. The van der Waals surface area contributed by atoms with Crippen LogP contribution in [0, 0.1) is 0 Å². The molecule has 0 saturated carbocycles. The van der Waals surface area contributed by atoms with Crippen LogP contribution in [0.3, 0.4) is 0 Å². The summed E-state index contributed by atoms with van der Waals surface area (Å²) in [6, 6.07) is 2.74. The van der Waals surface area contributed by atoms with E-state index >= 15 is 0 Å². The van der Waals surface area contributed by atoms with E-state index in [0.717, 1.165) is 18.8 Å². The second-order valence-corrected chi connectivity index (χ2v) is 5.01. The molecule has 1 heterocycles. The van der Waals surface area contributed by atoms with Crippen molar-refractivity contribution in [2.45, 2.75) is 52.6 Å². The maximum atomic E-state index is 5.87. The maximum absolute atomic E-state index is 5.87. The third kappa shape index (κ3) is 2.29. The SMILES string of the molecule is CCN(c1nc2c(cc1CN)CCC2)C(C)C. The van der Waals surface area contributed by atoms with Gasteiger partial charge in [-0.05, 0) is 51.7 Å². The number of rotatable bonds is 4.